The summed E-state index contributed by atoms with van der Waals surface area (Å²) in [7, 11) is 0. The van der Waals surface area contributed by atoms with Crippen LogP contribution in [0.4, 0.5) is 5.13 Å². The van der Waals surface area contributed by atoms with Gasteiger partial charge in [0.25, 0.3) is 5.91 Å². The van der Waals surface area contributed by atoms with Crippen molar-refractivity contribution in [3.8, 4) is 0 Å². The van der Waals surface area contributed by atoms with Crippen molar-refractivity contribution in [2.75, 3.05) is 18.4 Å². The summed E-state index contributed by atoms with van der Waals surface area (Å²) in [5.74, 6) is 0.0380. The Kier molecular flexibility index (Phi) is 3.93. The predicted molar refractivity (Wildman–Crippen MR) is 68.4 cm³/mol. The van der Waals surface area contributed by atoms with E-state index in [1.54, 1.807) is 0 Å². The average Bonchev–Trinajstić information content (AvgIpc) is 2.96. The largest absolute Gasteiger partial charge is 0.360 e. The molecule has 1 amide bonds. The molecule has 1 aromatic rings. The quantitative estimate of drug-likeness (QED) is 0.892. The molecule has 6 heteroatoms. The van der Waals surface area contributed by atoms with Crippen LogP contribution in [0.1, 0.15) is 42.9 Å². The van der Waals surface area contributed by atoms with Gasteiger partial charge in [0.15, 0.2) is 0 Å². The van der Waals surface area contributed by atoms with E-state index >= 15 is 0 Å². The number of rotatable bonds is 4. The Bertz CT molecular complexity index is 393. The van der Waals surface area contributed by atoms with Crippen molar-refractivity contribution in [2.24, 2.45) is 0 Å². The molecule has 17 heavy (non-hydrogen) atoms. The predicted octanol–water partition coefficient (Wildman–Crippen LogP) is 1.98. The molecule has 0 aromatic carbocycles. The molecule has 0 spiro atoms. The zero-order valence-electron chi connectivity index (χ0n) is 10.3. The monoisotopic (exact) mass is 254 g/mol. The van der Waals surface area contributed by atoms with Gasteiger partial charge in [-0.3, -0.25) is 4.79 Å². The van der Waals surface area contributed by atoms with Crippen LogP contribution in [0, 0.1) is 0 Å². The Morgan fingerprint density at radius 1 is 1.53 bits per heavy atom. The second-order valence-corrected chi connectivity index (χ2v) is 5.12. The summed E-state index contributed by atoms with van der Waals surface area (Å²) in [4.78, 5) is 14.2. The molecule has 1 N–H and O–H groups in total. The first kappa shape index (κ1) is 12.3. The highest BCUT2D eigenvalue weighted by Crippen LogP contribution is 2.24. The van der Waals surface area contributed by atoms with Gasteiger partial charge in [0.2, 0.25) is 10.1 Å². The molecule has 1 atom stereocenters. The molecule has 5 nitrogen and oxygen atoms in total. The van der Waals surface area contributed by atoms with E-state index < -0.39 is 0 Å². The number of hydrogen-bond acceptors (Lipinski definition) is 5. The van der Waals surface area contributed by atoms with Crippen molar-refractivity contribution in [1.82, 2.24) is 15.1 Å². The van der Waals surface area contributed by atoms with E-state index in [0.29, 0.717) is 11.0 Å². The number of likely N-dealkylation sites (tertiary alicyclic amines) is 1. The third-order valence-electron chi connectivity index (χ3n) is 3.05. The number of nitrogens with one attached hydrogen (secondary N) is 1. The fourth-order valence-electron chi connectivity index (χ4n) is 2.18. The van der Waals surface area contributed by atoms with Crippen LogP contribution in [0.25, 0.3) is 0 Å². The van der Waals surface area contributed by atoms with Gasteiger partial charge in [-0.2, -0.15) is 0 Å². The van der Waals surface area contributed by atoms with Crippen molar-refractivity contribution in [2.45, 2.75) is 39.2 Å². The molecule has 1 saturated heterocycles. The van der Waals surface area contributed by atoms with Crippen LogP contribution >= 0.6 is 11.3 Å². The topological polar surface area (TPSA) is 58.1 Å². The van der Waals surface area contributed by atoms with Crippen molar-refractivity contribution >= 4 is 22.4 Å². The van der Waals surface area contributed by atoms with Crippen molar-refractivity contribution < 1.29 is 4.79 Å². The van der Waals surface area contributed by atoms with E-state index in [1.807, 2.05) is 11.8 Å². The minimum Gasteiger partial charge on any atom is -0.360 e. The van der Waals surface area contributed by atoms with E-state index in [4.69, 9.17) is 0 Å². The molecule has 0 radical (unpaired) electrons. The molecular weight excluding hydrogens is 236 g/mol. The lowest BCUT2D eigenvalue weighted by molar-refractivity contribution is 0.0732. The highest BCUT2D eigenvalue weighted by molar-refractivity contribution is 7.17. The van der Waals surface area contributed by atoms with Gasteiger partial charge in [-0.25, -0.2) is 0 Å². The first-order valence-corrected chi connectivity index (χ1v) is 6.96. The van der Waals surface area contributed by atoms with Gasteiger partial charge in [0, 0.05) is 19.1 Å². The zero-order chi connectivity index (χ0) is 12.3. The van der Waals surface area contributed by atoms with Crippen molar-refractivity contribution in [1.29, 1.82) is 0 Å². The maximum atomic E-state index is 12.2. The lowest BCUT2D eigenvalue weighted by Crippen LogP contribution is -2.35. The fourth-order valence-corrected chi connectivity index (χ4v) is 2.95. The summed E-state index contributed by atoms with van der Waals surface area (Å²) in [6.45, 7) is 5.77. The SMILES string of the molecule is CCNc1nnc(C(=O)N2CCCC2CC)s1. The van der Waals surface area contributed by atoms with Gasteiger partial charge in [-0.1, -0.05) is 18.3 Å². The first-order valence-electron chi connectivity index (χ1n) is 6.14. The number of amides is 1. The van der Waals surface area contributed by atoms with Gasteiger partial charge in [-0.15, -0.1) is 10.2 Å². The third kappa shape index (κ3) is 2.57. The van der Waals surface area contributed by atoms with Crippen molar-refractivity contribution in [3.63, 3.8) is 0 Å². The van der Waals surface area contributed by atoms with Crippen LogP contribution in [0.2, 0.25) is 0 Å². The summed E-state index contributed by atoms with van der Waals surface area (Å²) in [6, 6.07) is 0.383. The second-order valence-electron chi connectivity index (χ2n) is 4.15. The molecule has 0 saturated carbocycles. The molecule has 94 valence electrons. The molecular formula is C11H18N4OS. The van der Waals surface area contributed by atoms with Crippen LogP contribution < -0.4 is 5.32 Å². The minimum atomic E-state index is 0.0380. The summed E-state index contributed by atoms with van der Waals surface area (Å²) >= 11 is 1.34. The van der Waals surface area contributed by atoms with Crippen LogP contribution in [0.3, 0.4) is 0 Å². The molecule has 1 aliphatic heterocycles. The smallest absolute Gasteiger partial charge is 0.285 e. The van der Waals surface area contributed by atoms with Gasteiger partial charge in [0.1, 0.15) is 0 Å². The molecule has 2 heterocycles. The Morgan fingerprint density at radius 3 is 3.06 bits per heavy atom. The number of anilines is 1. The summed E-state index contributed by atoms with van der Waals surface area (Å²) in [5, 5.41) is 12.2. The summed E-state index contributed by atoms with van der Waals surface area (Å²) in [6.07, 6.45) is 3.23. The number of hydrogen-bond donors (Lipinski definition) is 1. The molecule has 1 aromatic heterocycles. The summed E-state index contributed by atoms with van der Waals surface area (Å²) < 4.78 is 0. The lowest BCUT2D eigenvalue weighted by Gasteiger charge is -2.21. The van der Waals surface area contributed by atoms with Gasteiger partial charge >= 0.3 is 0 Å². The molecule has 1 fully saturated rings. The minimum absolute atomic E-state index is 0.0380. The highest BCUT2D eigenvalue weighted by atomic mass is 32.1. The highest BCUT2D eigenvalue weighted by Gasteiger charge is 2.29. The molecule has 1 unspecified atom stereocenters. The molecule has 0 aliphatic carbocycles. The van der Waals surface area contributed by atoms with Crippen LogP contribution in [-0.2, 0) is 0 Å². The van der Waals surface area contributed by atoms with Crippen LogP contribution in [-0.4, -0.2) is 40.1 Å². The fraction of sp³-hybridized carbons (Fsp3) is 0.727. The van der Waals surface area contributed by atoms with E-state index in [9.17, 15) is 4.79 Å². The Morgan fingerprint density at radius 2 is 2.35 bits per heavy atom. The van der Waals surface area contributed by atoms with E-state index in [1.165, 1.54) is 11.3 Å². The summed E-state index contributed by atoms with van der Waals surface area (Å²) in [5.41, 5.74) is 0. The van der Waals surface area contributed by atoms with E-state index in [-0.39, 0.29) is 5.91 Å². The number of aromatic nitrogens is 2. The van der Waals surface area contributed by atoms with E-state index in [2.05, 4.69) is 22.4 Å². The van der Waals surface area contributed by atoms with E-state index in [0.717, 1.165) is 37.5 Å². The normalized spacial score (nSPS) is 19.6. The number of carbonyl (C=O) groups excluding carboxylic acids is 1. The lowest BCUT2D eigenvalue weighted by atomic mass is 10.2. The number of carbonyl (C=O) groups is 1. The van der Waals surface area contributed by atoms with Crippen LogP contribution in [0.5, 0.6) is 0 Å². The first-order chi connectivity index (χ1) is 8.26. The molecule has 0 bridgehead atoms. The Labute approximate surface area is 105 Å². The maximum Gasteiger partial charge on any atom is 0.285 e. The number of nitrogens with zero attached hydrogens (tertiary/aromatic N) is 3. The molecule has 2 rings (SSSR count). The van der Waals surface area contributed by atoms with Gasteiger partial charge < -0.3 is 10.2 Å². The second kappa shape index (κ2) is 5.44. The maximum absolute atomic E-state index is 12.2. The Hall–Kier alpha value is -1.17. The van der Waals surface area contributed by atoms with Gasteiger partial charge in [-0.05, 0) is 26.2 Å². The standard InChI is InChI=1S/C11H18N4OS/c1-3-8-6-5-7-15(8)10(16)9-13-14-11(17-9)12-4-2/h8H,3-7H2,1-2H3,(H,12,14). The average molecular weight is 254 g/mol. The van der Waals surface area contributed by atoms with Crippen LogP contribution in [0.15, 0.2) is 0 Å². The molecule has 1 aliphatic rings. The Balaban J connectivity index is 2.07. The van der Waals surface area contributed by atoms with Crippen molar-refractivity contribution in [3.05, 3.63) is 5.01 Å². The third-order valence-corrected chi connectivity index (χ3v) is 3.91. The zero-order valence-corrected chi connectivity index (χ0v) is 11.1. The van der Waals surface area contributed by atoms with Gasteiger partial charge in [0.05, 0.1) is 0 Å².